The zero-order chi connectivity index (χ0) is 14.5. The Morgan fingerprint density at radius 2 is 2.10 bits per heavy atom. The zero-order valence-corrected chi connectivity index (χ0v) is 11.5. The molecule has 0 atom stereocenters. The molecule has 6 heteroatoms. The van der Waals surface area contributed by atoms with Crippen molar-refractivity contribution in [3.05, 3.63) is 35.0 Å². The third-order valence-electron chi connectivity index (χ3n) is 2.84. The monoisotopic (exact) mass is 295 g/mol. The smallest absolute Gasteiger partial charge is 0.303 e. The number of benzene rings is 1. The van der Waals surface area contributed by atoms with Crippen molar-refractivity contribution in [2.24, 2.45) is 0 Å². The first-order valence-corrected chi connectivity index (χ1v) is 7.07. The molecule has 0 aliphatic carbocycles. The molecule has 0 unspecified atom stereocenters. The average molecular weight is 295 g/mol. The quantitative estimate of drug-likeness (QED) is 0.805. The first kappa shape index (κ1) is 14.5. The number of unbranched alkanes of at least 4 members (excludes halogenated alkanes) is 1. The van der Waals surface area contributed by atoms with Crippen molar-refractivity contribution in [1.82, 2.24) is 5.32 Å². The summed E-state index contributed by atoms with van der Waals surface area (Å²) >= 11 is 1.24. The molecule has 0 aliphatic heterocycles. The Labute approximate surface area is 119 Å². The second-order valence-corrected chi connectivity index (χ2v) is 5.45. The van der Waals surface area contributed by atoms with E-state index in [4.69, 9.17) is 5.11 Å². The summed E-state index contributed by atoms with van der Waals surface area (Å²) in [5.41, 5.74) is 0. The van der Waals surface area contributed by atoms with Crippen molar-refractivity contribution in [2.75, 3.05) is 6.54 Å². The van der Waals surface area contributed by atoms with Gasteiger partial charge in [0.2, 0.25) is 0 Å². The molecule has 0 aliphatic rings. The molecule has 0 fully saturated rings. The van der Waals surface area contributed by atoms with Crippen LogP contribution in [0.1, 0.15) is 28.9 Å². The van der Waals surface area contributed by atoms with Gasteiger partial charge >= 0.3 is 5.97 Å². The topological polar surface area (TPSA) is 66.4 Å². The molecule has 1 aromatic heterocycles. The van der Waals surface area contributed by atoms with Crippen molar-refractivity contribution in [3.63, 3.8) is 0 Å². The highest BCUT2D eigenvalue weighted by Gasteiger charge is 2.11. The van der Waals surface area contributed by atoms with Gasteiger partial charge in [0.05, 0.1) is 4.88 Å². The Balaban J connectivity index is 1.91. The van der Waals surface area contributed by atoms with Gasteiger partial charge < -0.3 is 10.4 Å². The fraction of sp³-hybridized carbons (Fsp3) is 0.286. The van der Waals surface area contributed by atoms with Gasteiger partial charge in [0, 0.05) is 23.1 Å². The third kappa shape index (κ3) is 3.54. The van der Waals surface area contributed by atoms with Gasteiger partial charge in [0.25, 0.3) is 5.91 Å². The molecule has 0 saturated heterocycles. The maximum absolute atomic E-state index is 13.5. The lowest BCUT2D eigenvalue weighted by Gasteiger charge is -2.02. The zero-order valence-electron chi connectivity index (χ0n) is 10.7. The minimum absolute atomic E-state index is 0.101. The predicted octanol–water partition coefficient (Wildman–Crippen LogP) is 3.03. The van der Waals surface area contributed by atoms with E-state index in [-0.39, 0.29) is 18.1 Å². The number of amides is 1. The molecule has 2 rings (SSSR count). The fourth-order valence-corrected chi connectivity index (χ4v) is 2.82. The Hall–Kier alpha value is -1.95. The highest BCUT2D eigenvalue weighted by atomic mass is 32.1. The fourth-order valence-electron chi connectivity index (χ4n) is 1.83. The number of carbonyl (C=O) groups is 2. The van der Waals surface area contributed by atoms with Crippen LogP contribution in [-0.2, 0) is 4.79 Å². The van der Waals surface area contributed by atoms with E-state index >= 15 is 0 Å². The van der Waals surface area contributed by atoms with Crippen LogP contribution in [0.25, 0.3) is 10.1 Å². The number of carboxylic acid groups (broad SMARTS) is 1. The Morgan fingerprint density at radius 3 is 2.80 bits per heavy atom. The van der Waals surface area contributed by atoms with Crippen LogP contribution in [0, 0.1) is 5.82 Å². The molecule has 0 radical (unpaired) electrons. The molecule has 2 N–H and O–H groups in total. The molecule has 0 spiro atoms. The van der Waals surface area contributed by atoms with Crippen LogP contribution in [0.3, 0.4) is 0 Å². The molecule has 0 bridgehead atoms. The Morgan fingerprint density at radius 1 is 1.30 bits per heavy atom. The van der Waals surface area contributed by atoms with Gasteiger partial charge in [-0.05, 0) is 31.0 Å². The summed E-state index contributed by atoms with van der Waals surface area (Å²) in [6.07, 6.45) is 1.23. The molecule has 1 amide bonds. The summed E-state index contributed by atoms with van der Waals surface area (Å²) < 4.78 is 14.2. The van der Waals surface area contributed by atoms with E-state index in [1.165, 1.54) is 17.4 Å². The standard InChI is InChI=1S/C14H14FNO3S/c15-10-4-3-5-11-9(10)8-12(20-11)14(19)16-7-2-1-6-13(17)18/h3-5,8H,1-2,6-7H2,(H,16,19)(H,17,18). The van der Waals surface area contributed by atoms with Crippen molar-refractivity contribution in [3.8, 4) is 0 Å². The first-order valence-electron chi connectivity index (χ1n) is 6.26. The maximum Gasteiger partial charge on any atom is 0.303 e. The number of aliphatic carboxylic acids is 1. The van der Waals surface area contributed by atoms with Crippen LogP contribution in [0.5, 0.6) is 0 Å². The normalized spacial score (nSPS) is 10.7. The van der Waals surface area contributed by atoms with Gasteiger partial charge in [-0.1, -0.05) is 6.07 Å². The lowest BCUT2D eigenvalue weighted by Crippen LogP contribution is -2.23. The minimum atomic E-state index is -0.837. The first-order chi connectivity index (χ1) is 9.58. The van der Waals surface area contributed by atoms with Crippen LogP contribution in [0.15, 0.2) is 24.3 Å². The number of carbonyl (C=O) groups excluding carboxylic acids is 1. The van der Waals surface area contributed by atoms with Crippen LogP contribution >= 0.6 is 11.3 Å². The summed E-state index contributed by atoms with van der Waals surface area (Å²) in [4.78, 5) is 22.7. The van der Waals surface area contributed by atoms with Crippen molar-refractivity contribution >= 4 is 33.3 Å². The van der Waals surface area contributed by atoms with Crippen LogP contribution in [0.2, 0.25) is 0 Å². The Bertz CT molecular complexity index is 638. The molecule has 0 saturated carbocycles. The summed E-state index contributed by atoms with van der Waals surface area (Å²) in [5, 5.41) is 11.6. The highest BCUT2D eigenvalue weighted by molar-refractivity contribution is 7.20. The van der Waals surface area contributed by atoms with Crippen LogP contribution in [0.4, 0.5) is 4.39 Å². The molecule has 106 valence electrons. The van der Waals surface area contributed by atoms with Gasteiger partial charge in [-0.15, -0.1) is 11.3 Å². The van der Waals surface area contributed by atoms with E-state index in [1.807, 2.05) is 0 Å². The molecule has 2 aromatic rings. The number of fused-ring (bicyclic) bond motifs is 1. The van der Waals surface area contributed by atoms with Crippen LogP contribution < -0.4 is 5.32 Å². The lowest BCUT2D eigenvalue weighted by molar-refractivity contribution is -0.137. The predicted molar refractivity (Wildman–Crippen MR) is 75.6 cm³/mol. The van der Waals surface area contributed by atoms with Gasteiger partial charge in [-0.3, -0.25) is 9.59 Å². The molecule has 4 nitrogen and oxygen atoms in total. The van der Waals surface area contributed by atoms with Gasteiger partial charge in [0.15, 0.2) is 0 Å². The van der Waals surface area contributed by atoms with Gasteiger partial charge in [0.1, 0.15) is 5.82 Å². The minimum Gasteiger partial charge on any atom is -0.481 e. The number of rotatable bonds is 6. The van der Waals surface area contributed by atoms with E-state index in [1.54, 1.807) is 18.2 Å². The van der Waals surface area contributed by atoms with Crippen molar-refractivity contribution in [1.29, 1.82) is 0 Å². The summed E-state index contributed by atoms with van der Waals surface area (Å²) in [7, 11) is 0. The number of hydrogen-bond acceptors (Lipinski definition) is 3. The largest absolute Gasteiger partial charge is 0.481 e. The number of hydrogen-bond donors (Lipinski definition) is 2. The van der Waals surface area contributed by atoms with Gasteiger partial charge in [-0.25, -0.2) is 4.39 Å². The van der Waals surface area contributed by atoms with Crippen molar-refractivity contribution < 1.29 is 19.1 Å². The summed E-state index contributed by atoms with van der Waals surface area (Å²) in [6.45, 7) is 0.419. The Kier molecular flexibility index (Phi) is 4.68. The van der Waals surface area contributed by atoms with Crippen LogP contribution in [-0.4, -0.2) is 23.5 Å². The van der Waals surface area contributed by atoms with E-state index in [0.29, 0.717) is 29.6 Å². The number of halogens is 1. The molecule has 20 heavy (non-hydrogen) atoms. The number of thiophene rings is 1. The van der Waals surface area contributed by atoms with E-state index in [0.717, 1.165) is 4.70 Å². The maximum atomic E-state index is 13.5. The summed E-state index contributed by atoms with van der Waals surface area (Å²) in [6, 6.07) is 6.29. The van der Waals surface area contributed by atoms with Gasteiger partial charge in [-0.2, -0.15) is 0 Å². The average Bonchev–Trinajstić information content (AvgIpc) is 2.83. The molecular formula is C14H14FNO3S. The number of carboxylic acids is 1. The molecule has 1 aromatic carbocycles. The second kappa shape index (κ2) is 6.47. The van der Waals surface area contributed by atoms with E-state index in [9.17, 15) is 14.0 Å². The van der Waals surface area contributed by atoms with E-state index < -0.39 is 5.97 Å². The third-order valence-corrected chi connectivity index (χ3v) is 3.93. The lowest BCUT2D eigenvalue weighted by atomic mass is 10.2. The number of nitrogens with one attached hydrogen (secondary N) is 1. The van der Waals surface area contributed by atoms with E-state index in [2.05, 4.69) is 5.32 Å². The SMILES string of the molecule is O=C(O)CCCCNC(=O)c1cc2c(F)cccc2s1. The summed E-state index contributed by atoms with van der Waals surface area (Å²) in [5.74, 6) is -1.42. The molecule has 1 heterocycles. The highest BCUT2D eigenvalue weighted by Crippen LogP contribution is 2.27. The molecular weight excluding hydrogens is 281 g/mol. The second-order valence-electron chi connectivity index (χ2n) is 4.37. The van der Waals surface area contributed by atoms with Crippen molar-refractivity contribution in [2.45, 2.75) is 19.3 Å².